The van der Waals surface area contributed by atoms with E-state index in [0.29, 0.717) is 26.4 Å². The minimum absolute atomic E-state index is 0.194. The average molecular weight is 449 g/mol. The summed E-state index contributed by atoms with van der Waals surface area (Å²) in [5.74, 6) is 0.219. The van der Waals surface area contributed by atoms with E-state index in [2.05, 4.69) is 4.99 Å². The van der Waals surface area contributed by atoms with Gasteiger partial charge in [-0.15, -0.1) is 0 Å². The van der Waals surface area contributed by atoms with E-state index < -0.39 is 12.0 Å². The van der Waals surface area contributed by atoms with Crippen molar-refractivity contribution in [2.45, 2.75) is 32.9 Å². The van der Waals surface area contributed by atoms with E-state index in [0.717, 1.165) is 11.1 Å². The monoisotopic (exact) mass is 448 g/mol. The minimum Gasteiger partial charge on any atom is -0.497 e. The van der Waals surface area contributed by atoms with E-state index in [1.54, 1.807) is 32.4 Å². The zero-order chi connectivity index (χ0) is 22.8. The Bertz CT molecular complexity index is 1350. The number of carbonyl (C=O) groups excluding carboxylic acids is 1. The Labute approximate surface area is 189 Å². The second-order valence-corrected chi connectivity index (χ2v) is 8.73. The maximum atomic E-state index is 13.5. The molecule has 1 aliphatic heterocycles. The van der Waals surface area contributed by atoms with Gasteiger partial charge in [-0.1, -0.05) is 53.8 Å². The number of nitrogens with zero attached hydrogens (tertiary/aromatic N) is 2. The first kappa shape index (κ1) is 21.8. The summed E-state index contributed by atoms with van der Waals surface area (Å²) in [6.07, 6.45) is 1.56. The summed E-state index contributed by atoms with van der Waals surface area (Å²) >= 11 is 1.31. The van der Waals surface area contributed by atoms with Gasteiger partial charge >= 0.3 is 5.97 Å². The van der Waals surface area contributed by atoms with E-state index in [9.17, 15) is 9.59 Å². The topological polar surface area (TPSA) is 69.9 Å². The zero-order valence-corrected chi connectivity index (χ0v) is 19.2. The second-order valence-electron chi connectivity index (χ2n) is 7.72. The highest BCUT2D eigenvalue weighted by atomic mass is 32.1. The van der Waals surface area contributed by atoms with Crippen molar-refractivity contribution in [3.05, 3.63) is 96.7 Å². The molecule has 4 rings (SSSR count). The summed E-state index contributed by atoms with van der Waals surface area (Å²) in [5, 5.41) is 0. The van der Waals surface area contributed by atoms with Crippen LogP contribution in [0.3, 0.4) is 0 Å². The molecule has 0 fully saturated rings. The van der Waals surface area contributed by atoms with Gasteiger partial charge in [0, 0.05) is 0 Å². The highest BCUT2D eigenvalue weighted by Crippen LogP contribution is 2.31. The van der Waals surface area contributed by atoms with Gasteiger partial charge in [0.1, 0.15) is 5.75 Å². The molecule has 0 amide bonds. The Morgan fingerprint density at radius 2 is 1.81 bits per heavy atom. The minimum atomic E-state index is -0.638. The first-order valence-corrected chi connectivity index (χ1v) is 11.1. The van der Waals surface area contributed by atoms with Crippen LogP contribution in [0.15, 0.2) is 75.7 Å². The van der Waals surface area contributed by atoms with Gasteiger partial charge in [-0.3, -0.25) is 9.36 Å². The highest BCUT2D eigenvalue weighted by Gasteiger charge is 2.33. The summed E-state index contributed by atoms with van der Waals surface area (Å²) < 4.78 is 12.9. The van der Waals surface area contributed by atoms with Gasteiger partial charge in [-0.2, -0.15) is 0 Å². The molecule has 7 heteroatoms. The molecular weight excluding hydrogens is 424 g/mol. The van der Waals surface area contributed by atoms with Gasteiger partial charge in [0.15, 0.2) is 4.80 Å². The molecule has 0 N–H and O–H groups in total. The second kappa shape index (κ2) is 8.96. The molecule has 0 bridgehead atoms. The van der Waals surface area contributed by atoms with Gasteiger partial charge in [-0.25, -0.2) is 9.79 Å². The molecule has 0 unspecified atom stereocenters. The van der Waals surface area contributed by atoms with Gasteiger partial charge in [0.05, 0.1) is 35.1 Å². The van der Waals surface area contributed by atoms with E-state index in [1.807, 2.05) is 60.7 Å². The number of thiazole rings is 1. The molecule has 32 heavy (non-hydrogen) atoms. The normalized spacial score (nSPS) is 16.0. The molecule has 0 aliphatic carbocycles. The maximum absolute atomic E-state index is 13.5. The van der Waals surface area contributed by atoms with E-state index in [1.165, 1.54) is 11.3 Å². The molecule has 6 nitrogen and oxygen atoms in total. The Morgan fingerprint density at radius 1 is 1.12 bits per heavy atom. The third-order valence-electron chi connectivity index (χ3n) is 5.11. The predicted octanol–water partition coefficient (Wildman–Crippen LogP) is 3.20. The molecule has 2 heterocycles. The van der Waals surface area contributed by atoms with Gasteiger partial charge in [0.25, 0.3) is 5.56 Å². The molecule has 1 aromatic heterocycles. The molecule has 1 aliphatic rings. The number of methoxy groups -OCH3 is 1. The quantitative estimate of drug-likeness (QED) is 0.562. The number of allylic oxidation sites excluding steroid dienone is 1. The fourth-order valence-corrected chi connectivity index (χ4v) is 4.71. The molecule has 0 saturated heterocycles. The van der Waals surface area contributed by atoms with Crippen molar-refractivity contribution in [1.82, 2.24) is 4.57 Å². The maximum Gasteiger partial charge on any atom is 0.338 e. The molecule has 0 radical (unpaired) electrons. The first-order valence-electron chi connectivity index (χ1n) is 10.3. The van der Waals surface area contributed by atoms with Crippen molar-refractivity contribution in [1.29, 1.82) is 0 Å². The molecule has 164 valence electrons. The van der Waals surface area contributed by atoms with Crippen molar-refractivity contribution in [2.24, 2.45) is 4.99 Å². The number of hydrogen-bond acceptors (Lipinski definition) is 6. The standard InChI is InChI=1S/C25H24N2O4S/c1-15(2)31-24(29)21-16(3)26-25-27(22(21)18-10-12-19(30-4)13-11-18)23(28)20(32-25)14-17-8-6-5-7-9-17/h5-15,22H,1-4H3/b20-14+/t22-/m0/s1. The molecule has 1 atom stereocenters. The van der Waals surface area contributed by atoms with Gasteiger partial charge in [0.2, 0.25) is 0 Å². The number of benzene rings is 2. The van der Waals surface area contributed by atoms with Crippen LogP contribution in [0.5, 0.6) is 5.75 Å². The van der Waals surface area contributed by atoms with Crippen molar-refractivity contribution >= 4 is 23.4 Å². The van der Waals surface area contributed by atoms with Crippen molar-refractivity contribution in [2.75, 3.05) is 7.11 Å². The Morgan fingerprint density at radius 3 is 2.44 bits per heavy atom. The number of aromatic nitrogens is 1. The summed E-state index contributed by atoms with van der Waals surface area (Å²) in [6.45, 7) is 5.37. The molecule has 0 spiro atoms. The summed E-state index contributed by atoms with van der Waals surface area (Å²) in [7, 11) is 1.59. The van der Waals surface area contributed by atoms with E-state index in [4.69, 9.17) is 9.47 Å². The van der Waals surface area contributed by atoms with E-state index in [-0.39, 0.29) is 11.7 Å². The van der Waals surface area contributed by atoms with Crippen LogP contribution in [-0.4, -0.2) is 23.8 Å². The summed E-state index contributed by atoms with van der Waals surface area (Å²) in [4.78, 5) is 31.7. The van der Waals surface area contributed by atoms with Crippen molar-refractivity contribution < 1.29 is 14.3 Å². The Hall–Kier alpha value is -3.45. The van der Waals surface area contributed by atoms with Crippen LogP contribution in [0, 0.1) is 0 Å². The number of esters is 1. The number of hydrogen-bond donors (Lipinski definition) is 0. The largest absolute Gasteiger partial charge is 0.497 e. The Balaban J connectivity index is 1.94. The lowest BCUT2D eigenvalue weighted by Gasteiger charge is -2.25. The lowest BCUT2D eigenvalue weighted by atomic mass is 9.96. The van der Waals surface area contributed by atoms with Crippen LogP contribution in [-0.2, 0) is 9.53 Å². The van der Waals surface area contributed by atoms with Crippen LogP contribution in [0.2, 0.25) is 0 Å². The van der Waals surface area contributed by atoms with E-state index >= 15 is 0 Å². The number of fused-ring (bicyclic) bond motifs is 1. The van der Waals surface area contributed by atoms with Crippen LogP contribution in [0.1, 0.15) is 37.9 Å². The molecular formula is C25H24N2O4S. The average Bonchev–Trinajstić information content (AvgIpc) is 3.07. The SMILES string of the molecule is COc1ccc([C@H]2C(C(=O)OC(C)C)=C(C)N=c3s/c(=C/c4ccccc4)c(=O)n32)cc1. The fraction of sp³-hybridized carbons (Fsp3) is 0.240. The lowest BCUT2D eigenvalue weighted by Crippen LogP contribution is -2.40. The Kier molecular flexibility index (Phi) is 6.10. The van der Waals surface area contributed by atoms with Gasteiger partial charge < -0.3 is 9.47 Å². The zero-order valence-electron chi connectivity index (χ0n) is 18.4. The predicted molar refractivity (Wildman–Crippen MR) is 124 cm³/mol. The van der Waals surface area contributed by atoms with Crippen molar-refractivity contribution in [3.8, 4) is 5.75 Å². The molecule has 0 saturated carbocycles. The van der Waals surface area contributed by atoms with Crippen molar-refractivity contribution in [3.63, 3.8) is 0 Å². The van der Waals surface area contributed by atoms with Crippen LogP contribution in [0.4, 0.5) is 0 Å². The number of ether oxygens (including phenoxy) is 2. The van der Waals surface area contributed by atoms with Crippen LogP contribution < -0.4 is 19.6 Å². The van der Waals surface area contributed by atoms with Crippen LogP contribution in [0.25, 0.3) is 6.08 Å². The highest BCUT2D eigenvalue weighted by molar-refractivity contribution is 7.07. The smallest absolute Gasteiger partial charge is 0.338 e. The lowest BCUT2D eigenvalue weighted by molar-refractivity contribution is -0.143. The third kappa shape index (κ3) is 4.16. The fourth-order valence-electron chi connectivity index (χ4n) is 3.66. The molecule has 3 aromatic rings. The molecule has 2 aromatic carbocycles. The number of carbonyl (C=O) groups is 1. The van der Waals surface area contributed by atoms with Gasteiger partial charge in [-0.05, 0) is 50.1 Å². The third-order valence-corrected chi connectivity index (χ3v) is 6.10. The van der Waals surface area contributed by atoms with Crippen LogP contribution >= 0.6 is 11.3 Å². The first-order chi connectivity index (χ1) is 15.4. The summed E-state index contributed by atoms with van der Waals surface area (Å²) in [6, 6.07) is 16.4. The number of rotatable bonds is 5. The summed E-state index contributed by atoms with van der Waals surface area (Å²) in [5.41, 5.74) is 2.42.